The quantitative estimate of drug-likeness (QED) is 0.769. The lowest BCUT2D eigenvalue weighted by atomic mass is 9.83. The number of hydrogen-bond donors (Lipinski definition) is 1. The molecule has 0 bridgehead atoms. The summed E-state index contributed by atoms with van der Waals surface area (Å²) < 4.78 is 14.2. The molecule has 0 saturated heterocycles. The molecule has 2 rings (SSSR count). The molecule has 1 fully saturated rings. The molecule has 1 aliphatic carbocycles. The molecule has 1 atom stereocenters. The minimum Gasteiger partial charge on any atom is -0.390 e. The maximum atomic E-state index is 13.3. The molecule has 1 N–H and O–H groups in total. The summed E-state index contributed by atoms with van der Waals surface area (Å²) in [7, 11) is 0. The van der Waals surface area contributed by atoms with E-state index < -0.39 is 5.60 Å². The van der Waals surface area contributed by atoms with E-state index in [-0.39, 0.29) is 5.82 Å². The first-order valence-electron chi connectivity index (χ1n) is 6.96. The zero-order valence-corrected chi connectivity index (χ0v) is 13.3. The summed E-state index contributed by atoms with van der Waals surface area (Å²) in [6.07, 6.45) is 5.34. The SMILES string of the molecule is CC1(C)CCCC(O)(Cc2cc(F)ccc2Br)CC1. The summed E-state index contributed by atoms with van der Waals surface area (Å²) >= 11 is 3.45. The average Bonchev–Trinajstić information content (AvgIpc) is 2.44. The van der Waals surface area contributed by atoms with E-state index in [1.807, 2.05) is 0 Å². The van der Waals surface area contributed by atoms with E-state index in [9.17, 15) is 9.50 Å². The van der Waals surface area contributed by atoms with Crippen molar-refractivity contribution in [2.75, 3.05) is 0 Å². The molecule has 0 aliphatic heterocycles. The van der Waals surface area contributed by atoms with Gasteiger partial charge < -0.3 is 5.11 Å². The van der Waals surface area contributed by atoms with E-state index in [0.717, 1.165) is 42.1 Å². The van der Waals surface area contributed by atoms with E-state index in [2.05, 4.69) is 29.8 Å². The van der Waals surface area contributed by atoms with Crippen LogP contribution in [0.1, 0.15) is 51.5 Å². The van der Waals surface area contributed by atoms with Crippen LogP contribution in [0.4, 0.5) is 4.39 Å². The predicted octanol–water partition coefficient (Wildman–Crippen LogP) is 4.85. The Bertz CT molecular complexity index is 458. The second-order valence-electron chi connectivity index (χ2n) is 6.65. The summed E-state index contributed by atoms with van der Waals surface area (Å²) in [6.45, 7) is 4.52. The van der Waals surface area contributed by atoms with E-state index >= 15 is 0 Å². The van der Waals surface area contributed by atoms with Crippen LogP contribution in [0.2, 0.25) is 0 Å². The van der Waals surface area contributed by atoms with Gasteiger partial charge in [-0.2, -0.15) is 0 Å². The number of hydrogen-bond acceptors (Lipinski definition) is 1. The van der Waals surface area contributed by atoms with Crippen molar-refractivity contribution >= 4 is 15.9 Å². The Morgan fingerprint density at radius 1 is 1.21 bits per heavy atom. The molecule has 0 radical (unpaired) electrons. The van der Waals surface area contributed by atoms with Gasteiger partial charge in [0.1, 0.15) is 5.82 Å². The fourth-order valence-electron chi connectivity index (χ4n) is 2.93. The zero-order chi connectivity index (χ0) is 14.1. The molecule has 0 spiro atoms. The standard InChI is InChI=1S/C16H22BrFO/c1-15(2)6-3-7-16(19,9-8-15)11-12-10-13(18)4-5-14(12)17/h4-5,10,19H,3,6-9,11H2,1-2H3. The van der Waals surface area contributed by atoms with Crippen molar-refractivity contribution in [1.82, 2.24) is 0 Å². The summed E-state index contributed by atoms with van der Waals surface area (Å²) in [6, 6.07) is 4.68. The van der Waals surface area contributed by atoms with Gasteiger partial charge in [0.15, 0.2) is 0 Å². The Morgan fingerprint density at radius 2 is 1.95 bits per heavy atom. The third-order valence-corrected chi connectivity index (χ3v) is 5.06. The molecule has 0 heterocycles. The molecule has 1 nitrogen and oxygen atoms in total. The lowest BCUT2D eigenvalue weighted by Gasteiger charge is -2.28. The molecule has 1 unspecified atom stereocenters. The average molecular weight is 329 g/mol. The molecule has 1 aromatic carbocycles. The summed E-state index contributed by atoms with van der Waals surface area (Å²) in [5, 5.41) is 10.8. The lowest BCUT2D eigenvalue weighted by molar-refractivity contribution is 0.0224. The Hall–Kier alpha value is -0.410. The summed E-state index contributed by atoms with van der Waals surface area (Å²) in [4.78, 5) is 0. The van der Waals surface area contributed by atoms with Crippen molar-refractivity contribution in [3.8, 4) is 0 Å². The van der Waals surface area contributed by atoms with Crippen LogP contribution in [0.3, 0.4) is 0 Å². The number of rotatable bonds is 2. The van der Waals surface area contributed by atoms with Crippen LogP contribution in [-0.2, 0) is 6.42 Å². The van der Waals surface area contributed by atoms with Crippen LogP contribution in [0.25, 0.3) is 0 Å². The number of halogens is 2. The largest absolute Gasteiger partial charge is 0.390 e. The van der Waals surface area contributed by atoms with Gasteiger partial charge in [0.2, 0.25) is 0 Å². The smallest absolute Gasteiger partial charge is 0.123 e. The molecular formula is C16H22BrFO. The van der Waals surface area contributed by atoms with Crippen LogP contribution in [0.15, 0.2) is 22.7 Å². The molecule has 0 aromatic heterocycles. The normalized spacial score (nSPS) is 27.0. The van der Waals surface area contributed by atoms with Crippen molar-refractivity contribution in [1.29, 1.82) is 0 Å². The zero-order valence-electron chi connectivity index (χ0n) is 11.7. The van der Waals surface area contributed by atoms with Crippen molar-refractivity contribution in [2.24, 2.45) is 5.41 Å². The minimum absolute atomic E-state index is 0.240. The van der Waals surface area contributed by atoms with Crippen molar-refractivity contribution < 1.29 is 9.50 Å². The molecule has 3 heteroatoms. The Labute approximate surface area is 123 Å². The highest BCUT2D eigenvalue weighted by atomic mass is 79.9. The van der Waals surface area contributed by atoms with Gasteiger partial charge in [-0.1, -0.05) is 36.2 Å². The molecule has 19 heavy (non-hydrogen) atoms. The maximum Gasteiger partial charge on any atom is 0.123 e. The highest BCUT2D eigenvalue weighted by Crippen LogP contribution is 2.40. The first kappa shape index (κ1) is 15.0. The van der Waals surface area contributed by atoms with E-state index in [4.69, 9.17) is 0 Å². The van der Waals surface area contributed by atoms with Gasteiger partial charge in [0, 0.05) is 10.9 Å². The van der Waals surface area contributed by atoms with Gasteiger partial charge in [-0.05, 0) is 54.9 Å². The third kappa shape index (κ3) is 4.03. The predicted molar refractivity (Wildman–Crippen MR) is 79.6 cm³/mol. The van der Waals surface area contributed by atoms with Gasteiger partial charge in [-0.15, -0.1) is 0 Å². The Balaban J connectivity index is 2.14. The number of benzene rings is 1. The summed E-state index contributed by atoms with van der Waals surface area (Å²) in [5.74, 6) is -0.240. The fourth-order valence-corrected chi connectivity index (χ4v) is 3.31. The van der Waals surface area contributed by atoms with Crippen LogP contribution in [0.5, 0.6) is 0 Å². The van der Waals surface area contributed by atoms with E-state index in [1.165, 1.54) is 12.1 Å². The van der Waals surface area contributed by atoms with E-state index in [1.54, 1.807) is 6.07 Å². The van der Waals surface area contributed by atoms with Gasteiger partial charge >= 0.3 is 0 Å². The summed E-state index contributed by atoms with van der Waals surface area (Å²) in [5.41, 5.74) is 0.482. The first-order chi connectivity index (χ1) is 8.80. The molecule has 1 aromatic rings. The van der Waals surface area contributed by atoms with Crippen molar-refractivity contribution in [2.45, 2.75) is 58.0 Å². The van der Waals surface area contributed by atoms with E-state index in [0.29, 0.717) is 11.8 Å². The Morgan fingerprint density at radius 3 is 2.68 bits per heavy atom. The molecular weight excluding hydrogens is 307 g/mol. The lowest BCUT2D eigenvalue weighted by Crippen LogP contribution is -2.31. The fraction of sp³-hybridized carbons (Fsp3) is 0.625. The van der Waals surface area contributed by atoms with Crippen molar-refractivity contribution in [3.05, 3.63) is 34.1 Å². The molecule has 106 valence electrons. The van der Waals surface area contributed by atoms with Crippen LogP contribution >= 0.6 is 15.9 Å². The maximum absolute atomic E-state index is 13.3. The van der Waals surface area contributed by atoms with Gasteiger partial charge in [0.25, 0.3) is 0 Å². The van der Waals surface area contributed by atoms with Crippen LogP contribution in [-0.4, -0.2) is 10.7 Å². The minimum atomic E-state index is -0.690. The topological polar surface area (TPSA) is 20.2 Å². The second-order valence-corrected chi connectivity index (χ2v) is 7.51. The van der Waals surface area contributed by atoms with Gasteiger partial charge in [0.05, 0.1) is 5.60 Å². The van der Waals surface area contributed by atoms with Crippen molar-refractivity contribution in [3.63, 3.8) is 0 Å². The highest BCUT2D eigenvalue weighted by molar-refractivity contribution is 9.10. The highest BCUT2D eigenvalue weighted by Gasteiger charge is 2.34. The third-order valence-electron chi connectivity index (χ3n) is 4.29. The second kappa shape index (κ2) is 5.53. The number of aliphatic hydroxyl groups is 1. The molecule has 1 aliphatic rings. The first-order valence-corrected chi connectivity index (χ1v) is 7.75. The van der Waals surface area contributed by atoms with Gasteiger partial charge in [-0.25, -0.2) is 4.39 Å². The van der Waals surface area contributed by atoms with Crippen LogP contribution in [0, 0.1) is 11.2 Å². The molecule has 0 amide bonds. The van der Waals surface area contributed by atoms with Crippen LogP contribution < -0.4 is 0 Å². The Kier molecular flexibility index (Phi) is 4.36. The van der Waals surface area contributed by atoms with Gasteiger partial charge in [-0.3, -0.25) is 0 Å². The molecule has 1 saturated carbocycles. The monoisotopic (exact) mass is 328 g/mol.